The van der Waals surface area contributed by atoms with Crippen LogP contribution in [-0.2, 0) is 11.8 Å². The Kier molecular flexibility index (Phi) is 2.05. The summed E-state index contributed by atoms with van der Waals surface area (Å²) >= 11 is 0. The van der Waals surface area contributed by atoms with Crippen molar-refractivity contribution in [2.45, 2.75) is 37.6 Å². The predicted octanol–water partition coefficient (Wildman–Crippen LogP) is 2.30. The molecule has 0 unspecified atom stereocenters. The summed E-state index contributed by atoms with van der Waals surface area (Å²) in [4.78, 5) is 2.48. The number of phenolic OH excluding ortho intramolecular Hbond substituents is 1. The lowest BCUT2D eigenvalue weighted by Crippen LogP contribution is -2.50. The molecule has 0 aromatic heterocycles. The maximum atomic E-state index is 9.64. The SMILES string of the molecule is CN1CC[C@@]2(C)C[C@H]1Cc1ccc(O)cc12. The molecule has 2 nitrogen and oxygen atoms in total. The molecule has 3 rings (SSSR count). The van der Waals surface area contributed by atoms with Crippen LogP contribution in [0.25, 0.3) is 0 Å². The molecule has 1 N–H and O–H groups in total. The van der Waals surface area contributed by atoms with Gasteiger partial charge < -0.3 is 10.0 Å². The number of aromatic hydroxyl groups is 1. The average Bonchev–Trinajstić information content (AvgIpc) is 2.26. The maximum Gasteiger partial charge on any atom is 0.115 e. The normalized spacial score (nSPS) is 33.5. The molecular weight excluding hydrogens is 198 g/mol. The van der Waals surface area contributed by atoms with Crippen LogP contribution in [0.2, 0.25) is 0 Å². The first kappa shape index (κ1) is 10.2. The van der Waals surface area contributed by atoms with Crippen molar-refractivity contribution >= 4 is 0 Å². The van der Waals surface area contributed by atoms with Crippen molar-refractivity contribution in [1.29, 1.82) is 0 Å². The predicted molar refractivity (Wildman–Crippen MR) is 64.8 cm³/mol. The molecule has 2 atom stereocenters. The second kappa shape index (κ2) is 3.24. The van der Waals surface area contributed by atoms with Crippen molar-refractivity contribution in [1.82, 2.24) is 4.90 Å². The molecule has 1 aliphatic carbocycles. The van der Waals surface area contributed by atoms with Crippen LogP contribution in [0.4, 0.5) is 0 Å². The van der Waals surface area contributed by atoms with E-state index in [1.807, 2.05) is 12.1 Å². The van der Waals surface area contributed by atoms with Crippen molar-refractivity contribution in [2.24, 2.45) is 0 Å². The number of benzene rings is 1. The van der Waals surface area contributed by atoms with Crippen LogP contribution in [0, 0.1) is 0 Å². The Morgan fingerprint density at radius 3 is 3.06 bits per heavy atom. The topological polar surface area (TPSA) is 23.5 Å². The van der Waals surface area contributed by atoms with E-state index in [-0.39, 0.29) is 5.41 Å². The van der Waals surface area contributed by atoms with Gasteiger partial charge in [0, 0.05) is 6.04 Å². The van der Waals surface area contributed by atoms with E-state index in [0.29, 0.717) is 11.8 Å². The molecule has 1 aliphatic heterocycles. The Morgan fingerprint density at radius 1 is 1.44 bits per heavy atom. The number of hydrogen-bond donors (Lipinski definition) is 1. The molecule has 1 aromatic carbocycles. The van der Waals surface area contributed by atoms with Crippen molar-refractivity contribution in [3.63, 3.8) is 0 Å². The highest BCUT2D eigenvalue weighted by molar-refractivity contribution is 5.43. The van der Waals surface area contributed by atoms with Gasteiger partial charge >= 0.3 is 0 Å². The highest BCUT2D eigenvalue weighted by Crippen LogP contribution is 2.45. The fraction of sp³-hybridized carbons (Fsp3) is 0.571. The second-order valence-electron chi connectivity index (χ2n) is 5.69. The molecule has 1 heterocycles. The Labute approximate surface area is 96.9 Å². The Balaban J connectivity index is 2.11. The van der Waals surface area contributed by atoms with E-state index in [9.17, 15) is 5.11 Å². The van der Waals surface area contributed by atoms with Crippen molar-refractivity contribution < 1.29 is 5.11 Å². The smallest absolute Gasteiger partial charge is 0.115 e. The zero-order valence-corrected chi connectivity index (χ0v) is 10.0. The van der Waals surface area contributed by atoms with E-state index in [2.05, 4.69) is 24.9 Å². The summed E-state index contributed by atoms with van der Waals surface area (Å²) in [5.74, 6) is 0.414. The fourth-order valence-electron chi connectivity index (χ4n) is 3.41. The van der Waals surface area contributed by atoms with Crippen molar-refractivity contribution in [3.8, 4) is 5.75 Å². The number of nitrogens with zero attached hydrogens (tertiary/aromatic N) is 1. The van der Waals surface area contributed by atoms with Gasteiger partial charge in [-0.25, -0.2) is 0 Å². The quantitative estimate of drug-likeness (QED) is 0.721. The van der Waals surface area contributed by atoms with E-state index < -0.39 is 0 Å². The van der Waals surface area contributed by atoms with Gasteiger partial charge in [0.25, 0.3) is 0 Å². The van der Waals surface area contributed by atoms with E-state index in [1.54, 1.807) is 0 Å². The monoisotopic (exact) mass is 217 g/mol. The van der Waals surface area contributed by atoms with Gasteiger partial charge in [-0.1, -0.05) is 13.0 Å². The highest BCUT2D eigenvalue weighted by Gasteiger charge is 2.41. The van der Waals surface area contributed by atoms with Crippen molar-refractivity contribution in [3.05, 3.63) is 29.3 Å². The fourth-order valence-corrected chi connectivity index (χ4v) is 3.41. The van der Waals surface area contributed by atoms with Crippen LogP contribution in [-0.4, -0.2) is 29.6 Å². The lowest BCUT2D eigenvalue weighted by Gasteiger charge is -2.48. The number of rotatable bonds is 0. The molecule has 16 heavy (non-hydrogen) atoms. The molecular formula is C14H19NO. The molecule has 1 saturated heterocycles. The van der Waals surface area contributed by atoms with Crippen LogP contribution in [0.15, 0.2) is 18.2 Å². The lowest BCUT2D eigenvalue weighted by molar-refractivity contribution is 0.113. The Hall–Kier alpha value is -1.02. The standard InChI is InChI=1S/C14H19NO/c1-14-5-6-15(2)11(9-14)7-10-3-4-12(16)8-13(10)14/h3-4,8,11,16H,5-7,9H2,1-2H3/t11-,14+/m1/s1. The molecule has 0 radical (unpaired) electrons. The second-order valence-corrected chi connectivity index (χ2v) is 5.69. The van der Waals surface area contributed by atoms with Crippen LogP contribution in [0.3, 0.4) is 0 Å². The van der Waals surface area contributed by atoms with Crippen LogP contribution in [0.1, 0.15) is 30.9 Å². The van der Waals surface area contributed by atoms with Gasteiger partial charge in [0.15, 0.2) is 0 Å². The van der Waals surface area contributed by atoms with Gasteiger partial charge in [0.05, 0.1) is 0 Å². The molecule has 0 saturated carbocycles. The third-order valence-electron chi connectivity index (χ3n) is 4.53. The number of likely N-dealkylation sites (tertiary alicyclic amines) is 1. The number of fused-ring (bicyclic) bond motifs is 4. The zero-order valence-electron chi connectivity index (χ0n) is 10.0. The number of hydrogen-bond acceptors (Lipinski definition) is 2. The van der Waals surface area contributed by atoms with Crippen LogP contribution < -0.4 is 0 Å². The van der Waals surface area contributed by atoms with Gasteiger partial charge in [0.1, 0.15) is 5.75 Å². The average molecular weight is 217 g/mol. The summed E-state index contributed by atoms with van der Waals surface area (Å²) in [5, 5.41) is 9.64. The number of piperidine rings is 1. The van der Waals surface area contributed by atoms with E-state index >= 15 is 0 Å². The molecule has 2 aliphatic rings. The van der Waals surface area contributed by atoms with Gasteiger partial charge in [-0.3, -0.25) is 0 Å². The third-order valence-corrected chi connectivity index (χ3v) is 4.53. The van der Waals surface area contributed by atoms with Gasteiger partial charge in [-0.15, -0.1) is 0 Å². The van der Waals surface area contributed by atoms with Crippen LogP contribution >= 0.6 is 0 Å². The first-order chi connectivity index (χ1) is 7.58. The Bertz CT molecular complexity index is 429. The van der Waals surface area contributed by atoms with E-state index in [0.717, 1.165) is 6.42 Å². The van der Waals surface area contributed by atoms with E-state index in [1.165, 1.54) is 30.5 Å². The maximum absolute atomic E-state index is 9.64. The largest absolute Gasteiger partial charge is 0.508 e. The summed E-state index contributed by atoms with van der Waals surface area (Å²) in [5.41, 5.74) is 3.10. The summed E-state index contributed by atoms with van der Waals surface area (Å²) in [6.45, 7) is 3.53. The summed E-state index contributed by atoms with van der Waals surface area (Å²) in [6, 6.07) is 6.60. The molecule has 0 spiro atoms. The highest BCUT2D eigenvalue weighted by atomic mass is 16.3. The molecule has 2 bridgehead atoms. The van der Waals surface area contributed by atoms with Gasteiger partial charge in [-0.2, -0.15) is 0 Å². The van der Waals surface area contributed by atoms with Gasteiger partial charge in [0.2, 0.25) is 0 Å². The molecule has 86 valence electrons. The van der Waals surface area contributed by atoms with Crippen molar-refractivity contribution in [2.75, 3.05) is 13.6 Å². The summed E-state index contributed by atoms with van der Waals surface area (Å²) < 4.78 is 0. The molecule has 1 fully saturated rings. The minimum absolute atomic E-state index is 0.281. The number of likely N-dealkylation sites (N-methyl/N-ethyl adjacent to an activating group) is 1. The minimum atomic E-state index is 0.281. The first-order valence-corrected chi connectivity index (χ1v) is 6.11. The Morgan fingerprint density at radius 2 is 2.25 bits per heavy atom. The summed E-state index contributed by atoms with van der Waals surface area (Å²) in [7, 11) is 2.23. The molecule has 0 amide bonds. The van der Waals surface area contributed by atoms with E-state index in [4.69, 9.17) is 0 Å². The molecule has 1 aromatic rings. The minimum Gasteiger partial charge on any atom is -0.508 e. The molecule has 2 heteroatoms. The zero-order chi connectivity index (χ0) is 11.3. The lowest BCUT2D eigenvalue weighted by atomic mass is 9.65. The van der Waals surface area contributed by atoms with Gasteiger partial charge in [-0.05, 0) is 61.5 Å². The van der Waals surface area contributed by atoms with Crippen LogP contribution in [0.5, 0.6) is 5.75 Å². The number of phenols is 1. The third kappa shape index (κ3) is 1.36. The summed E-state index contributed by atoms with van der Waals surface area (Å²) in [6.07, 6.45) is 3.58. The first-order valence-electron chi connectivity index (χ1n) is 6.11.